The van der Waals surface area contributed by atoms with E-state index >= 15 is 0 Å². The molecule has 2 aromatic rings. The zero-order chi connectivity index (χ0) is 14.2. The number of nitrogens with two attached hydrogens (primary N) is 1. The molecule has 0 aliphatic rings. The van der Waals surface area contributed by atoms with Gasteiger partial charge in [0.15, 0.2) is 0 Å². The van der Waals surface area contributed by atoms with E-state index in [1.54, 1.807) is 0 Å². The molecular weight excluding hydrogens is 387 g/mol. The second-order valence-corrected chi connectivity index (χ2v) is 5.65. The first kappa shape index (κ1) is 14.6. The molecular formula is C13H8Br2F3N. The molecule has 0 bridgehead atoms. The van der Waals surface area contributed by atoms with Crippen LogP contribution in [0.2, 0.25) is 0 Å². The van der Waals surface area contributed by atoms with Gasteiger partial charge in [-0.05, 0) is 61.7 Å². The van der Waals surface area contributed by atoms with Crippen molar-refractivity contribution in [2.45, 2.75) is 6.04 Å². The lowest BCUT2D eigenvalue weighted by atomic mass is 9.99. The first-order chi connectivity index (χ1) is 8.90. The van der Waals surface area contributed by atoms with E-state index in [9.17, 15) is 13.2 Å². The van der Waals surface area contributed by atoms with Crippen LogP contribution in [-0.4, -0.2) is 0 Å². The Hall–Kier alpha value is -0.850. The molecule has 1 atom stereocenters. The Labute approximate surface area is 124 Å². The van der Waals surface area contributed by atoms with E-state index in [-0.39, 0.29) is 14.5 Å². The molecule has 0 spiro atoms. The Balaban J connectivity index is 2.46. The standard InChI is InChI=1S/C13H8Br2F3N/c14-8-3-6(1-2-10(8)16)13(19)7-4-12(18)9(15)5-11(7)17/h1-5,13H,19H2. The molecule has 0 heterocycles. The van der Waals surface area contributed by atoms with E-state index in [4.69, 9.17) is 5.73 Å². The number of halogens is 5. The molecule has 0 saturated carbocycles. The van der Waals surface area contributed by atoms with Gasteiger partial charge in [0.1, 0.15) is 17.5 Å². The molecule has 100 valence electrons. The summed E-state index contributed by atoms with van der Waals surface area (Å²) in [5.41, 5.74) is 6.38. The van der Waals surface area contributed by atoms with Crippen molar-refractivity contribution in [1.82, 2.24) is 0 Å². The molecule has 0 radical (unpaired) electrons. The third kappa shape index (κ3) is 3.01. The zero-order valence-electron chi connectivity index (χ0n) is 9.43. The molecule has 2 rings (SSSR count). The summed E-state index contributed by atoms with van der Waals surface area (Å²) in [6, 6.07) is 5.26. The largest absolute Gasteiger partial charge is 0.320 e. The van der Waals surface area contributed by atoms with Crippen molar-refractivity contribution in [1.29, 1.82) is 0 Å². The van der Waals surface area contributed by atoms with E-state index in [2.05, 4.69) is 31.9 Å². The number of rotatable bonds is 2. The maximum atomic E-state index is 13.8. The summed E-state index contributed by atoms with van der Waals surface area (Å²) in [6.45, 7) is 0. The summed E-state index contributed by atoms with van der Waals surface area (Å²) in [5.74, 6) is -1.67. The van der Waals surface area contributed by atoms with Crippen LogP contribution in [0.1, 0.15) is 17.2 Å². The minimum absolute atomic E-state index is 0.0132. The molecule has 6 heteroatoms. The van der Waals surface area contributed by atoms with Crippen molar-refractivity contribution in [3.8, 4) is 0 Å². The van der Waals surface area contributed by atoms with Gasteiger partial charge in [-0.1, -0.05) is 6.07 Å². The average Bonchev–Trinajstić information content (AvgIpc) is 2.36. The van der Waals surface area contributed by atoms with E-state index in [0.717, 1.165) is 12.1 Å². The Morgan fingerprint density at radius 1 is 0.842 bits per heavy atom. The van der Waals surface area contributed by atoms with Gasteiger partial charge in [0, 0.05) is 5.56 Å². The van der Waals surface area contributed by atoms with Crippen LogP contribution in [0.3, 0.4) is 0 Å². The quantitative estimate of drug-likeness (QED) is 0.735. The van der Waals surface area contributed by atoms with Crippen molar-refractivity contribution >= 4 is 31.9 Å². The van der Waals surface area contributed by atoms with Crippen LogP contribution in [-0.2, 0) is 0 Å². The van der Waals surface area contributed by atoms with Gasteiger partial charge in [0.05, 0.1) is 15.0 Å². The SMILES string of the molecule is NC(c1ccc(F)c(Br)c1)c1cc(F)c(Br)cc1F. The highest BCUT2D eigenvalue weighted by Gasteiger charge is 2.17. The Kier molecular flexibility index (Phi) is 4.32. The van der Waals surface area contributed by atoms with Crippen molar-refractivity contribution in [2.24, 2.45) is 5.73 Å². The first-order valence-electron chi connectivity index (χ1n) is 5.25. The maximum absolute atomic E-state index is 13.8. The van der Waals surface area contributed by atoms with Crippen LogP contribution in [0.25, 0.3) is 0 Å². The van der Waals surface area contributed by atoms with Crippen LogP contribution in [0.15, 0.2) is 39.3 Å². The average molecular weight is 395 g/mol. The van der Waals surface area contributed by atoms with E-state index in [1.807, 2.05) is 0 Å². The molecule has 19 heavy (non-hydrogen) atoms. The van der Waals surface area contributed by atoms with Gasteiger partial charge in [-0.15, -0.1) is 0 Å². The van der Waals surface area contributed by atoms with E-state index in [1.165, 1.54) is 18.2 Å². The third-order valence-electron chi connectivity index (χ3n) is 2.68. The number of benzene rings is 2. The van der Waals surface area contributed by atoms with Crippen molar-refractivity contribution in [2.75, 3.05) is 0 Å². The van der Waals surface area contributed by atoms with Gasteiger partial charge in [0.2, 0.25) is 0 Å². The monoisotopic (exact) mass is 393 g/mol. The fourth-order valence-corrected chi connectivity index (χ4v) is 2.37. The molecule has 0 saturated heterocycles. The number of hydrogen-bond acceptors (Lipinski definition) is 1. The van der Waals surface area contributed by atoms with Crippen LogP contribution in [0.4, 0.5) is 13.2 Å². The fraction of sp³-hybridized carbons (Fsp3) is 0.0769. The summed E-state index contributed by atoms with van der Waals surface area (Å²) in [6.07, 6.45) is 0. The van der Waals surface area contributed by atoms with Crippen LogP contribution in [0.5, 0.6) is 0 Å². The molecule has 0 aromatic heterocycles. The van der Waals surface area contributed by atoms with Gasteiger partial charge >= 0.3 is 0 Å². The molecule has 1 nitrogen and oxygen atoms in total. The molecule has 0 fully saturated rings. The normalized spacial score (nSPS) is 12.5. The smallest absolute Gasteiger partial charge is 0.137 e. The molecule has 0 amide bonds. The Morgan fingerprint density at radius 2 is 1.47 bits per heavy atom. The summed E-state index contributed by atoms with van der Waals surface area (Å²) in [5, 5.41) is 0. The fourth-order valence-electron chi connectivity index (χ4n) is 1.66. The summed E-state index contributed by atoms with van der Waals surface area (Å²) >= 11 is 5.92. The van der Waals surface area contributed by atoms with Crippen molar-refractivity contribution < 1.29 is 13.2 Å². The highest BCUT2D eigenvalue weighted by Crippen LogP contribution is 2.28. The predicted octanol–water partition coefficient (Wildman–Crippen LogP) is 4.68. The van der Waals surface area contributed by atoms with Gasteiger partial charge in [0.25, 0.3) is 0 Å². The topological polar surface area (TPSA) is 26.0 Å². The van der Waals surface area contributed by atoms with E-state index in [0.29, 0.717) is 5.56 Å². The number of hydrogen-bond donors (Lipinski definition) is 1. The predicted molar refractivity (Wildman–Crippen MR) is 74.2 cm³/mol. The minimum Gasteiger partial charge on any atom is -0.320 e. The molecule has 2 aromatic carbocycles. The van der Waals surface area contributed by atoms with Gasteiger partial charge in [-0.25, -0.2) is 13.2 Å². The van der Waals surface area contributed by atoms with Crippen molar-refractivity contribution in [3.05, 3.63) is 67.9 Å². The third-order valence-corrected chi connectivity index (χ3v) is 3.89. The molecule has 0 aliphatic carbocycles. The highest BCUT2D eigenvalue weighted by atomic mass is 79.9. The lowest BCUT2D eigenvalue weighted by Gasteiger charge is -2.14. The lowest BCUT2D eigenvalue weighted by molar-refractivity contribution is 0.571. The second-order valence-electron chi connectivity index (χ2n) is 3.94. The van der Waals surface area contributed by atoms with Crippen molar-refractivity contribution in [3.63, 3.8) is 0 Å². The second kappa shape index (κ2) is 5.64. The van der Waals surface area contributed by atoms with Crippen LogP contribution in [0, 0.1) is 17.5 Å². The van der Waals surface area contributed by atoms with Crippen LogP contribution >= 0.6 is 31.9 Å². The minimum atomic E-state index is -0.875. The first-order valence-corrected chi connectivity index (χ1v) is 6.83. The summed E-state index contributed by atoms with van der Waals surface area (Å²) in [4.78, 5) is 0. The van der Waals surface area contributed by atoms with Gasteiger partial charge in [-0.2, -0.15) is 0 Å². The maximum Gasteiger partial charge on any atom is 0.137 e. The van der Waals surface area contributed by atoms with Gasteiger partial charge in [-0.3, -0.25) is 0 Å². The molecule has 0 aliphatic heterocycles. The lowest BCUT2D eigenvalue weighted by Crippen LogP contribution is -2.14. The highest BCUT2D eigenvalue weighted by molar-refractivity contribution is 9.10. The summed E-state index contributed by atoms with van der Waals surface area (Å²) < 4.78 is 40.6. The molecule has 1 unspecified atom stereocenters. The van der Waals surface area contributed by atoms with Gasteiger partial charge < -0.3 is 5.73 Å². The Morgan fingerprint density at radius 3 is 2.11 bits per heavy atom. The van der Waals surface area contributed by atoms with E-state index < -0.39 is 23.5 Å². The molecule has 2 N–H and O–H groups in total. The van der Waals surface area contributed by atoms with Crippen LogP contribution < -0.4 is 5.73 Å². The summed E-state index contributed by atoms with van der Waals surface area (Å²) in [7, 11) is 0. The Bertz CT molecular complexity index is 632. The zero-order valence-corrected chi connectivity index (χ0v) is 12.6.